The maximum absolute atomic E-state index is 14.0. The van der Waals surface area contributed by atoms with Gasteiger partial charge in [0.2, 0.25) is 0 Å². The molecule has 0 atom stereocenters. The molecule has 0 unspecified atom stereocenters. The van der Waals surface area contributed by atoms with Gasteiger partial charge in [-0.1, -0.05) is 25.1 Å². The maximum Gasteiger partial charge on any atom is 0.262 e. The van der Waals surface area contributed by atoms with Crippen molar-refractivity contribution in [1.82, 2.24) is 9.55 Å². The Morgan fingerprint density at radius 3 is 2.83 bits per heavy atom. The van der Waals surface area contributed by atoms with Crippen LogP contribution in [-0.2, 0) is 24.1 Å². The van der Waals surface area contributed by atoms with E-state index in [-0.39, 0.29) is 17.8 Å². The van der Waals surface area contributed by atoms with Crippen molar-refractivity contribution in [3.05, 3.63) is 62.8 Å². The van der Waals surface area contributed by atoms with E-state index < -0.39 is 0 Å². The van der Waals surface area contributed by atoms with E-state index in [0.717, 1.165) is 16.1 Å². The van der Waals surface area contributed by atoms with Gasteiger partial charge in [0.25, 0.3) is 5.56 Å². The van der Waals surface area contributed by atoms with Crippen LogP contribution in [0.4, 0.5) is 4.39 Å². The lowest BCUT2D eigenvalue weighted by atomic mass is 10.1. The normalized spacial score (nSPS) is 11.3. The average Bonchev–Trinajstić information content (AvgIpc) is 3.00. The number of fused-ring (bicyclic) bond motifs is 1. The van der Waals surface area contributed by atoms with E-state index in [1.807, 2.05) is 6.07 Å². The molecule has 2 aromatic heterocycles. The molecule has 4 nitrogen and oxygen atoms in total. The van der Waals surface area contributed by atoms with Crippen LogP contribution < -0.4 is 5.56 Å². The monoisotopic (exact) mass is 346 g/mol. The molecule has 0 radical (unpaired) electrons. The lowest BCUT2D eigenvalue weighted by Crippen LogP contribution is -2.27. The zero-order chi connectivity index (χ0) is 17.1. The van der Waals surface area contributed by atoms with Crippen molar-refractivity contribution in [2.45, 2.75) is 26.3 Å². The molecule has 3 aromatic rings. The molecule has 0 amide bonds. The summed E-state index contributed by atoms with van der Waals surface area (Å²) in [6.07, 6.45) is 1.14. The number of halogens is 1. The van der Waals surface area contributed by atoms with E-state index >= 15 is 0 Å². The molecule has 2 heterocycles. The lowest BCUT2D eigenvalue weighted by Gasteiger charge is -2.12. The first-order valence-corrected chi connectivity index (χ1v) is 8.70. The zero-order valence-electron chi connectivity index (χ0n) is 13.7. The van der Waals surface area contributed by atoms with Crippen LogP contribution in [0.2, 0.25) is 0 Å². The van der Waals surface area contributed by atoms with Gasteiger partial charge in [-0.2, -0.15) is 0 Å². The summed E-state index contributed by atoms with van der Waals surface area (Å²) in [5, 5.41) is 0.630. The molecule has 3 rings (SSSR count). The fourth-order valence-corrected chi connectivity index (χ4v) is 3.62. The number of thiophene rings is 1. The van der Waals surface area contributed by atoms with Crippen LogP contribution in [0.1, 0.15) is 23.2 Å². The van der Waals surface area contributed by atoms with Crippen LogP contribution >= 0.6 is 11.3 Å². The molecule has 1 aromatic carbocycles. The van der Waals surface area contributed by atoms with Gasteiger partial charge < -0.3 is 4.74 Å². The summed E-state index contributed by atoms with van der Waals surface area (Å²) < 4.78 is 20.7. The highest BCUT2D eigenvalue weighted by atomic mass is 32.1. The van der Waals surface area contributed by atoms with Crippen LogP contribution in [0.15, 0.2) is 35.1 Å². The zero-order valence-corrected chi connectivity index (χ0v) is 14.5. The van der Waals surface area contributed by atoms with Crippen molar-refractivity contribution < 1.29 is 9.13 Å². The quantitative estimate of drug-likeness (QED) is 0.687. The topological polar surface area (TPSA) is 44.1 Å². The van der Waals surface area contributed by atoms with E-state index in [1.54, 1.807) is 29.9 Å². The van der Waals surface area contributed by atoms with Gasteiger partial charge in [-0.25, -0.2) is 9.37 Å². The molecule has 0 fully saturated rings. The first-order valence-electron chi connectivity index (χ1n) is 7.88. The number of hydrogen-bond donors (Lipinski definition) is 0. The number of aromatic nitrogens is 2. The Bertz CT molecular complexity index is 917. The van der Waals surface area contributed by atoms with E-state index in [4.69, 9.17) is 4.74 Å². The second kappa shape index (κ2) is 7.23. The van der Waals surface area contributed by atoms with E-state index in [2.05, 4.69) is 11.9 Å². The summed E-state index contributed by atoms with van der Waals surface area (Å²) in [7, 11) is 1.59. The maximum atomic E-state index is 14.0. The standard InChI is InChI=1S/C18H19FN2O2S/c1-3-13-11-14-17(24-13)20-16(21(18(14)22)8-9-23-2)10-12-6-4-5-7-15(12)19/h4-7,11H,3,8-10H2,1-2H3. The van der Waals surface area contributed by atoms with Crippen LogP contribution in [0.25, 0.3) is 10.2 Å². The predicted molar refractivity (Wildman–Crippen MR) is 94.3 cm³/mol. The Kier molecular flexibility index (Phi) is 5.06. The highest BCUT2D eigenvalue weighted by Gasteiger charge is 2.15. The number of ether oxygens (including phenoxy) is 1. The molecule has 0 N–H and O–H groups in total. The number of benzene rings is 1. The number of rotatable bonds is 6. The minimum atomic E-state index is -0.287. The molecule has 0 aliphatic rings. The van der Waals surface area contributed by atoms with Crippen molar-refractivity contribution in [1.29, 1.82) is 0 Å². The van der Waals surface area contributed by atoms with Crippen molar-refractivity contribution in [3.8, 4) is 0 Å². The van der Waals surface area contributed by atoms with Gasteiger partial charge >= 0.3 is 0 Å². The van der Waals surface area contributed by atoms with Crippen LogP contribution in [0, 0.1) is 5.82 Å². The minimum absolute atomic E-state index is 0.0839. The molecule has 0 spiro atoms. The summed E-state index contributed by atoms with van der Waals surface area (Å²) in [5.41, 5.74) is 0.446. The molecule has 0 aliphatic carbocycles. The molecule has 126 valence electrons. The van der Waals surface area contributed by atoms with Crippen molar-refractivity contribution in [2.24, 2.45) is 0 Å². The minimum Gasteiger partial charge on any atom is -0.383 e. The Hall–Kier alpha value is -2.05. The molecular formula is C18H19FN2O2S. The Labute approximate surface area is 143 Å². The molecule has 24 heavy (non-hydrogen) atoms. The van der Waals surface area contributed by atoms with Gasteiger partial charge in [-0.3, -0.25) is 9.36 Å². The third-order valence-electron chi connectivity index (χ3n) is 3.96. The molecule has 6 heteroatoms. The lowest BCUT2D eigenvalue weighted by molar-refractivity contribution is 0.185. The third kappa shape index (κ3) is 3.25. The fraction of sp³-hybridized carbons (Fsp3) is 0.333. The predicted octanol–water partition coefficient (Wildman–Crippen LogP) is 3.40. The first kappa shape index (κ1) is 16.8. The largest absolute Gasteiger partial charge is 0.383 e. The summed E-state index contributed by atoms with van der Waals surface area (Å²) in [5.74, 6) is 0.282. The highest BCUT2D eigenvalue weighted by molar-refractivity contribution is 7.18. The van der Waals surface area contributed by atoms with Gasteiger partial charge in [0, 0.05) is 18.4 Å². The smallest absolute Gasteiger partial charge is 0.262 e. The van der Waals surface area contributed by atoms with Gasteiger partial charge in [-0.15, -0.1) is 11.3 Å². The van der Waals surface area contributed by atoms with Crippen LogP contribution in [0.3, 0.4) is 0 Å². The van der Waals surface area contributed by atoms with Gasteiger partial charge in [0.05, 0.1) is 18.5 Å². The molecule has 0 saturated carbocycles. The molecular weight excluding hydrogens is 327 g/mol. The first-order chi connectivity index (χ1) is 11.6. The number of methoxy groups -OCH3 is 1. The molecule has 0 bridgehead atoms. The van der Waals surface area contributed by atoms with E-state index in [9.17, 15) is 9.18 Å². The molecule has 0 saturated heterocycles. The highest BCUT2D eigenvalue weighted by Crippen LogP contribution is 2.23. The second-order valence-electron chi connectivity index (χ2n) is 5.53. The summed E-state index contributed by atoms with van der Waals surface area (Å²) in [6.45, 7) is 2.86. The third-order valence-corrected chi connectivity index (χ3v) is 5.13. The summed E-state index contributed by atoms with van der Waals surface area (Å²) in [6, 6.07) is 8.49. The van der Waals surface area contributed by atoms with Crippen molar-refractivity contribution >= 4 is 21.6 Å². The van der Waals surface area contributed by atoms with E-state index in [0.29, 0.717) is 29.9 Å². The Morgan fingerprint density at radius 1 is 1.33 bits per heavy atom. The second-order valence-corrected chi connectivity index (χ2v) is 6.65. The van der Waals surface area contributed by atoms with Crippen molar-refractivity contribution in [3.63, 3.8) is 0 Å². The number of nitrogens with zero attached hydrogens (tertiary/aromatic N) is 2. The fourth-order valence-electron chi connectivity index (χ4n) is 2.64. The SMILES string of the molecule is CCc1cc2c(=O)n(CCOC)c(Cc3ccccc3F)nc2s1. The average molecular weight is 346 g/mol. The van der Waals surface area contributed by atoms with Gasteiger partial charge in [0.1, 0.15) is 16.5 Å². The Balaban J connectivity index is 2.13. The number of aryl methyl sites for hydroxylation is 1. The van der Waals surface area contributed by atoms with Crippen molar-refractivity contribution in [2.75, 3.05) is 13.7 Å². The summed E-state index contributed by atoms with van der Waals surface area (Å²) >= 11 is 1.52. The summed E-state index contributed by atoms with van der Waals surface area (Å²) in [4.78, 5) is 19.3. The van der Waals surface area contributed by atoms with Gasteiger partial charge in [-0.05, 0) is 24.1 Å². The van der Waals surface area contributed by atoms with Gasteiger partial charge in [0.15, 0.2) is 0 Å². The Morgan fingerprint density at radius 2 is 2.12 bits per heavy atom. The van der Waals surface area contributed by atoms with Crippen LogP contribution in [0.5, 0.6) is 0 Å². The number of hydrogen-bond acceptors (Lipinski definition) is 4. The van der Waals surface area contributed by atoms with Crippen LogP contribution in [-0.4, -0.2) is 23.3 Å². The molecule has 0 aliphatic heterocycles. The van der Waals surface area contributed by atoms with E-state index in [1.165, 1.54) is 17.4 Å².